The highest BCUT2D eigenvalue weighted by Crippen LogP contribution is 2.44. The van der Waals surface area contributed by atoms with Crippen molar-refractivity contribution < 1.29 is 0 Å². The zero-order valence-electron chi connectivity index (χ0n) is 57.6. The summed E-state index contributed by atoms with van der Waals surface area (Å²) in [5, 5.41) is 32.5. The van der Waals surface area contributed by atoms with Gasteiger partial charge in [-0.1, -0.05) is 352 Å². The Hall–Kier alpha value is -11.0. The van der Waals surface area contributed by atoms with Gasteiger partial charge in [0.25, 0.3) is 0 Å². The molecule has 1 heterocycles. The number of aryl methyl sites for hydroxylation is 6. The highest BCUT2D eigenvalue weighted by Gasteiger charge is 2.20. The van der Waals surface area contributed by atoms with Crippen molar-refractivity contribution in [1.29, 1.82) is 0 Å². The fourth-order valence-electron chi connectivity index (χ4n) is 15.5. The van der Waals surface area contributed by atoms with E-state index in [1.165, 1.54) is 199 Å². The first-order chi connectivity index (χ1) is 48.6. The van der Waals surface area contributed by atoms with E-state index in [2.05, 4.69) is 363 Å². The largest absolute Gasteiger partial charge is 0.135 e. The Kier molecular flexibility index (Phi) is 18.5. The van der Waals surface area contributed by atoms with Gasteiger partial charge < -0.3 is 0 Å². The maximum absolute atomic E-state index is 2.38. The maximum atomic E-state index is 2.38. The fourth-order valence-corrected chi connectivity index (χ4v) is 16.9. The normalized spacial score (nSPS) is 12.3. The molecule has 1 saturated carbocycles. The van der Waals surface area contributed by atoms with Crippen molar-refractivity contribution in [3.05, 3.63) is 360 Å². The monoisotopic (exact) mass is 1290 g/mol. The molecule has 99 heavy (non-hydrogen) atoms. The molecule has 0 aliphatic heterocycles. The lowest BCUT2D eigenvalue weighted by Gasteiger charge is -2.22. The minimum Gasteiger partial charge on any atom is -0.135 e. The highest BCUT2D eigenvalue weighted by atomic mass is 32.1. The number of hydrogen-bond acceptors (Lipinski definition) is 1. The first-order valence-electron chi connectivity index (χ1n) is 35.3. The van der Waals surface area contributed by atoms with Crippen molar-refractivity contribution in [3.63, 3.8) is 0 Å². The van der Waals surface area contributed by atoms with E-state index >= 15 is 0 Å². The van der Waals surface area contributed by atoms with Crippen LogP contribution in [0.15, 0.2) is 322 Å². The van der Waals surface area contributed by atoms with Crippen LogP contribution in [0.1, 0.15) is 77.0 Å². The van der Waals surface area contributed by atoms with Gasteiger partial charge in [-0.05, 0) is 207 Å². The van der Waals surface area contributed by atoms with Crippen LogP contribution in [0.25, 0.3) is 139 Å². The lowest BCUT2D eigenvalue weighted by molar-refractivity contribution is 0.446. The van der Waals surface area contributed by atoms with Gasteiger partial charge >= 0.3 is 0 Å². The summed E-state index contributed by atoms with van der Waals surface area (Å²) in [7, 11) is 0. The third-order valence-electron chi connectivity index (χ3n) is 20.6. The summed E-state index contributed by atoms with van der Waals surface area (Å²) in [6.45, 7) is 13.0. The Balaban J connectivity index is 0.0000000972. The molecule has 0 amide bonds. The SMILES string of the molecule is Cc1ccc2c(ccc3ccccc32)c1.Cc1ccc2ccc3ccccc3c2c1.Cc1cccc2c1ccc1ccccc12.Cc1cccc2c1sc1c(C3CCCCC3)cccc12.Cc1cccc2c3ccccc3c3ccccc3c12.Cc1cccc2ccc3ccccc3c12. The molecular formula is C98H82S. The number of thiophene rings is 1. The number of rotatable bonds is 1. The zero-order chi connectivity index (χ0) is 67.3. The van der Waals surface area contributed by atoms with Crippen molar-refractivity contribution in [1.82, 2.24) is 0 Å². The average Bonchev–Trinajstić information content (AvgIpc) is 1.74. The van der Waals surface area contributed by atoms with Crippen molar-refractivity contribution >= 4 is 150 Å². The summed E-state index contributed by atoms with van der Waals surface area (Å²) < 4.78 is 3.02. The van der Waals surface area contributed by atoms with E-state index in [0.29, 0.717) is 0 Å². The van der Waals surface area contributed by atoms with Gasteiger partial charge in [0.05, 0.1) is 0 Å². The molecule has 1 heteroatoms. The standard InChI is InChI=1S/C19H20S.C19H14.4C15H12/c1-13-7-5-11-16-17-12-6-10-15(19(17)20-18(13)16)14-8-3-2-4-9-14;1-13-7-6-12-18-16-9-3-2-8-14(16)15-10-4-5-11-17(15)19(13)18;1-11-5-4-7-13-10-9-12-6-2-3-8-14(12)15(11)13;1-11-5-4-8-15-13(11)10-9-12-6-2-3-7-14(12)15;1-11-6-9-15-13(10-11)8-7-12-4-2-3-5-14(12)15;1-11-6-7-13-9-8-12-4-2-3-5-14(12)15(13)10-11/h5-7,10-12,14H,2-4,8-9H2,1H3;2-12H,1H3;4*2-10H,1H3. The van der Waals surface area contributed by atoms with Gasteiger partial charge in [-0.2, -0.15) is 0 Å². The van der Waals surface area contributed by atoms with Crippen LogP contribution in [-0.4, -0.2) is 0 Å². The first kappa shape index (κ1) is 64.1. The zero-order valence-corrected chi connectivity index (χ0v) is 58.4. The van der Waals surface area contributed by atoms with E-state index in [0.717, 1.165) is 5.92 Å². The molecule has 0 atom stereocenters. The summed E-state index contributed by atoms with van der Waals surface area (Å²) in [4.78, 5) is 0. The molecule has 1 aliphatic carbocycles. The van der Waals surface area contributed by atoms with Gasteiger partial charge in [0, 0.05) is 20.2 Å². The third-order valence-corrected chi connectivity index (χ3v) is 22.0. The second-order valence-electron chi connectivity index (χ2n) is 27.1. The molecule has 0 saturated heterocycles. The molecule has 20 rings (SSSR count). The van der Waals surface area contributed by atoms with E-state index in [4.69, 9.17) is 0 Å². The molecule has 18 aromatic carbocycles. The van der Waals surface area contributed by atoms with Crippen molar-refractivity contribution in [2.24, 2.45) is 0 Å². The Morgan fingerprint density at radius 1 is 0.212 bits per heavy atom. The topological polar surface area (TPSA) is 0 Å². The number of benzene rings is 18. The highest BCUT2D eigenvalue weighted by molar-refractivity contribution is 7.26. The molecule has 0 N–H and O–H groups in total. The number of fused-ring (bicyclic) bond motifs is 21. The average molecular weight is 1290 g/mol. The predicted molar refractivity (Wildman–Crippen MR) is 438 cm³/mol. The van der Waals surface area contributed by atoms with Crippen LogP contribution in [0, 0.1) is 41.5 Å². The Labute approximate surface area is 586 Å². The lowest BCUT2D eigenvalue weighted by Crippen LogP contribution is -2.04. The molecule has 480 valence electrons. The van der Waals surface area contributed by atoms with Crippen LogP contribution in [0.2, 0.25) is 0 Å². The predicted octanol–water partition coefficient (Wildman–Crippen LogP) is 29.1. The molecule has 0 unspecified atom stereocenters. The second kappa shape index (κ2) is 28.6. The first-order valence-corrected chi connectivity index (χ1v) is 36.1. The molecule has 0 spiro atoms. The van der Waals surface area contributed by atoms with E-state index in [1.807, 2.05) is 11.3 Å². The molecular weight excluding hydrogens is 1210 g/mol. The fraction of sp³-hybridized carbons (Fsp3) is 0.122. The van der Waals surface area contributed by atoms with Crippen LogP contribution >= 0.6 is 11.3 Å². The van der Waals surface area contributed by atoms with Gasteiger partial charge in [-0.25, -0.2) is 0 Å². The van der Waals surface area contributed by atoms with E-state index in [1.54, 1.807) is 10.3 Å². The van der Waals surface area contributed by atoms with Gasteiger partial charge in [-0.3, -0.25) is 0 Å². The second-order valence-corrected chi connectivity index (χ2v) is 28.2. The third kappa shape index (κ3) is 13.1. The van der Waals surface area contributed by atoms with Crippen molar-refractivity contribution in [2.75, 3.05) is 0 Å². The molecule has 1 fully saturated rings. The minimum atomic E-state index is 0.792. The Bertz CT molecular complexity index is 6080. The van der Waals surface area contributed by atoms with Crippen LogP contribution in [-0.2, 0) is 0 Å². The van der Waals surface area contributed by atoms with Crippen molar-refractivity contribution in [3.8, 4) is 0 Å². The molecule has 19 aromatic rings. The molecule has 0 nitrogen and oxygen atoms in total. The van der Waals surface area contributed by atoms with E-state index in [-0.39, 0.29) is 0 Å². The van der Waals surface area contributed by atoms with Crippen molar-refractivity contribution in [2.45, 2.75) is 79.6 Å². The van der Waals surface area contributed by atoms with Gasteiger partial charge in [0.1, 0.15) is 0 Å². The minimum absolute atomic E-state index is 0.792. The summed E-state index contributed by atoms with van der Waals surface area (Å²) in [5.41, 5.74) is 9.71. The summed E-state index contributed by atoms with van der Waals surface area (Å²) in [5.74, 6) is 0.792. The van der Waals surface area contributed by atoms with E-state index < -0.39 is 0 Å². The summed E-state index contributed by atoms with van der Waals surface area (Å²) in [6, 6.07) is 116. The van der Waals surface area contributed by atoms with Gasteiger partial charge in [0.2, 0.25) is 0 Å². The summed E-state index contributed by atoms with van der Waals surface area (Å²) in [6.07, 6.45) is 7.01. The van der Waals surface area contributed by atoms with Crippen LogP contribution in [0.4, 0.5) is 0 Å². The Morgan fingerprint density at radius 2 is 0.566 bits per heavy atom. The maximum Gasteiger partial charge on any atom is 0.0390 e. The van der Waals surface area contributed by atoms with Crippen LogP contribution in [0.5, 0.6) is 0 Å². The summed E-state index contributed by atoms with van der Waals surface area (Å²) >= 11 is 2.01. The molecule has 1 aromatic heterocycles. The molecule has 1 aliphatic rings. The Morgan fingerprint density at radius 3 is 1.20 bits per heavy atom. The smallest absolute Gasteiger partial charge is 0.0390 e. The molecule has 0 radical (unpaired) electrons. The molecule has 0 bridgehead atoms. The quantitative estimate of drug-likeness (QED) is 0.144. The van der Waals surface area contributed by atoms with E-state index in [9.17, 15) is 0 Å². The van der Waals surface area contributed by atoms with Crippen LogP contribution in [0.3, 0.4) is 0 Å². The van der Waals surface area contributed by atoms with Gasteiger partial charge in [0.15, 0.2) is 0 Å². The van der Waals surface area contributed by atoms with Crippen LogP contribution < -0.4 is 0 Å². The number of hydrogen-bond donors (Lipinski definition) is 0. The van der Waals surface area contributed by atoms with Gasteiger partial charge in [-0.15, -0.1) is 11.3 Å². The lowest BCUT2D eigenvalue weighted by atomic mass is 9.84.